The molecule has 1 atom stereocenters. The van der Waals surface area contributed by atoms with Crippen LogP contribution in [0, 0.1) is 0 Å². The summed E-state index contributed by atoms with van der Waals surface area (Å²) >= 11 is 0. The number of amides is 1. The molecule has 0 aromatic heterocycles. The Hall–Kier alpha value is -1.98. The molecule has 1 aromatic rings. The van der Waals surface area contributed by atoms with Crippen molar-refractivity contribution in [2.24, 2.45) is 0 Å². The van der Waals surface area contributed by atoms with E-state index in [1.807, 2.05) is 0 Å². The van der Waals surface area contributed by atoms with Crippen LogP contribution in [0.15, 0.2) is 30.3 Å². The Morgan fingerprint density at radius 3 is 3.05 bits per heavy atom. The number of carbonyl (C=O) groups excluding carboxylic acids is 2. The van der Waals surface area contributed by atoms with E-state index >= 15 is 0 Å². The fraction of sp³-hybridized carbons (Fsp3) is 0.286. The first kappa shape index (κ1) is 13.5. The molecule has 0 spiro atoms. The minimum absolute atomic E-state index is 0.222. The standard InChI is InChI=1S/C14H15N2O3/c17-8-3-5-11-4-1-2-6-12(11)14(18)16-13-10-15-7-9-19-13/h1-6,13,15H,7,9-10H2,(H,16,18)/b5-3+. The van der Waals surface area contributed by atoms with Crippen LogP contribution < -0.4 is 10.6 Å². The molecule has 1 heterocycles. The van der Waals surface area contributed by atoms with E-state index in [4.69, 9.17) is 4.74 Å². The maximum Gasteiger partial charge on any atom is 0.253 e. The number of hydrogen-bond acceptors (Lipinski definition) is 4. The Balaban J connectivity index is 2.09. The normalized spacial score (nSPS) is 19.3. The van der Waals surface area contributed by atoms with Gasteiger partial charge in [-0.25, -0.2) is 0 Å². The van der Waals surface area contributed by atoms with Crippen molar-refractivity contribution >= 4 is 18.3 Å². The van der Waals surface area contributed by atoms with Crippen molar-refractivity contribution in [2.75, 3.05) is 19.7 Å². The summed E-state index contributed by atoms with van der Waals surface area (Å²) in [6.07, 6.45) is 4.14. The maximum absolute atomic E-state index is 12.1. The van der Waals surface area contributed by atoms with E-state index in [0.29, 0.717) is 24.3 Å². The average Bonchev–Trinajstić information content (AvgIpc) is 2.46. The van der Waals surface area contributed by atoms with E-state index in [2.05, 4.69) is 10.6 Å². The van der Waals surface area contributed by atoms with Gasteiger partial charge in [-0.05, 0) is 17.7 Å². The third-order valence-electron chi connectivity index (χ3n) is 2.76. The molecule has 1 amide bonds. The summed E-state index contributed by atoms with van der Waals surface area (Å²) < 4.78 is 5.42. The number of nitrogens with one attached hydrogen (secondary N) is 2. The van der Waals surface area contributed by atoms with Crippen molar-refractivity contribution in [1.29, 1.82) is 0 Å². The minimum atomic E-state index is -0.323. The summed E-state index contributed by atoms with van der Waals surface area (Å²) in [5, 5.41) is 5.93. The Bertz CT molecular complexity index is 479. The number of morpholine rings is 1. The van der Waals surface area contributed by atoms with Crippen LogP contribution in [-0.4, -0.2) is 38.1 Å². The minimum Gasteiger partial charge on any atom is -0.356 e. The molecule has 1 radical (unpaired) electrons. The molecule has 5 heteroatoms. The third kappa shape index (κ3) is 3.74. The van der Waals surface area contributed by atoms with Gasteiger partial charge in [-0.15, -0.1) is 0 Å². The molecule has 99 valence electrons. The van der Waals surface area contributed by atoms with Gasteiger partial charge in [0, 0.05) is 18.7 Å². The van der Waals surface area contributed by atoms with Gasteiger partial charge < -0.3 is 15.4 Å². The Kier molecular flexibility index (Phi) is 4.83. The molecule has 1 fully saturated rings. The fourth-order valence-electron chi connectivity index (χ4n) is 1.86. The second-order valence-corrected chi connectivity index (χ2v) is 4.08. The average molecular weight is 259 g/mol. The number of benzene rings is 1. The van der Waals surface area contributed by atoms with Gasteiger partial charge in [0.05, 0.1) is 6.61 Å². The van der Waals surface area contributed by atoms with Crippen LogP contribution in [0.25, 0.3) is 6.08 Å². The van der Waals surface area contributed by atoms with Crippen LogP contribution in [0.3, 0.4) is 0 Å². The Morgan fingerprint density at radius 2 is 2.32 bits per heavy atom. The number of hydrogen-bond donors (Lipinski definition) is 2. The van der Waals surface area contributed by atoms with E-state index in [1.165, 1.54) is 6.08 Å². The zero-order chi connectivity index (χ0) is 13.5. The van der Waals surface area contributed by atoms with Crippen molar-refractivity contribution in [3.05, 3.63) is 41.5 Å². The summed E-state index contributed by atoms with van der Waals surface area (Å²) in [7, 11) is 0. The molecule has 1 aliphatic heterocycles. The molecule has 0 saturated carbocycles. The van der Waals surface area contributed by atoms with E-state index in [9.17, 15) is 9.59 Å². The van der Waals surface area contributed by atoms with E-state index in [0.717, 1.165) is 6.54 Å². The molecule has 1 unspecified atom stereocenters. The van der Waals surface area contributed by atoms with Crippen LogP contribution in [0.1, 0.15) is 15.9 Å². The number of rotatable bonds is 4. The summed E-state index contributed by atoms with van der Waals surface area (Å²) in [6.45, 7) is 1.96. The summed E-state index contributed by atoms with van der Waals surface area (Å²) in [5.41, 5.74) is 1.18. The lowest BCUT2D eigenvalue weighted by Gasteiger charge is -2.24. The lowest BCUT2D eigenvalue weighted by Crippen LogP contribution is -2.49. The zero-order valence-electron chi connectivity index (χ0n) is 10.4. The van der Waals surface area contributed by atoms with Gasteiger partial charge in [0.15, 0.2) is 0 Å². The highest BCUT2D eigenvalue weighted by Gasteiger charge is 2.17. The summed E-state index contributed by atoms with van der Waals surface area (Å²) in [5.74, 6) is -0.222. The van der Waals surface area contributed by atoms with Gasteiger partial charge >= 0.3 is 0 Å². The maximum atomic E-state index is 12.1. The Morgan fingerprint density at radius 1 is 1.47 bits per heavy atom. The molecule has 19 heavy (non-hydrogen) atoms. The fourth-order valence-corrected chi connectivity index (χ4v) is 1.86. The van der Waals surface area contributed by atoms with Crippen LogP contribution >= 0.6 is 0 Å². The molecular weight excluding hydrogens is 244 g/mol. The second-order valence-electron chi connectivity index (χ2n) is 4.08. The van der Waals surface area contributed by atoms with Gasteiger partial charge in [-0.2, -0.15) is 0 Å². The lowest BCUT2D eigenvalue weighted by molar-refractivity contribution is 0.00834. The topological polar surface area (TPSA) is 67.4 Å². The smallest absolute Gasteiger partial charge is 0.253 e. The quantitative estimate of drug-likeness (QED) is 0.772. The molecule has 2 N–H and O–H groups in total. The molecule has 0 aliphatic carbocycles. The predicted octanol–water partition coefficient (Wildman–Crippen LogP) is 0.485. The SMILES string of the molecule is O=[C]/C=C/c1ccccc1C(=O)NC1CNCCO1. The second kappa shape index (κ2) is 6.82. The highest BCUT2D eigenvalue weighted by atomic mass is 16.5. The van der Waals surface area contributed by atoms with E-state index < -0.39 is 0 Å². The zero-order valence-corrected chi connectivity index (χ0v) is 10.4. The first-order chi connectivity index (χ1) is 9.31. The van der Waals surface area contributed by atoms with E-state index in [-0.39, 0.29) is 12.1 Å². The Labute approximate surface area is 111 Å². The molecule has 1 saturated heterocycles. The molecule has 5 nitrogen and oxygen atoms in total. The molecule has 1 aromatic carbocycles. The first-order valence-corrected chi connectivity index (χ1v) is 6.07. The molecule has 0 bridgehead atoms. The predicted molar refractivity (Wildman–Crippen MR) is 71.2 cm³/mol. The number of ether oxygens (including phenoxy) is 1. The van der Waals surface area contributed by atoms with Crippen molar-refractivity contribution < 1.29 is 14.3 Å². The van der Waals surface area contributed by atoms with Gasteiger partial charge in [0.25, 0.3) is 5.91 Å². The highest BCUT2D eigenvalue weighted by molar-refractivity contribution is 5.98. The highest BCUT2D eigenvalue weighted by Crippen LogP contribution is 2.11. The number of allylic oxidation sites excluding steroid dienone is 1. The van der Waals surface area contributed by atoms with Gasteiger partial charge in [0.1, 0.15) is 6.23 Å². The monoisotopic (exact) mass is 259 g/mol. The largest absolute Gasteiger partial charge is 0.356 e. The molecular formula is C14H15N2O3. The molecule has 2 rings (SSSR count). The number of carbonyl (C=O) groups is 1. The van der Waals surface area contributed by atoms with E-state index in [1.54, 1.807) is 36.6 Å². The third-order valence-corrected chi connectivity index (χ3v) is 2.76. The van der Waals surface area contributed by atoms with Crippen LogP contribution in [-0.2, 0) is 9.53 Å². The van der Waals surface area contributed by atoms with Gasteiger partial charge in [-0.1, -0.05) is 24.3 Å². The van der Waals surface area contributed by atoms with Crippen LogP contribution in [0.2, 0.25) is 0 Å². The van der Waals surface area contributed by atoms with Crippen LogP contribution in [0.5, 0.6) is 0 Å². The summed E-state index contributed by atoms with van der Waals surface area (Å²) in [6, 6.07) is 7.05. The van der Waals surface area contributed by atoms with Crippen molar-refractivity contribution in [2.45, 2.75) is 6.23 Å². The lowest BCUT2D eigenvalue weighted by atomic mass is 10.1. The van der Waals surface area contributed by atoms with Gasteiger partial charge in [0.2, 0.25) is 6.29 Å². The summed E-state index contributed by atoms with van der Waals surface area (Å²) in [4.78, 5) is 22.4. The first-order valence-electron chi connectivity index (χ1n) is 6.07. The van der Waals surface area contributed by atoms with Crippen LogP contribution in [0.4, 0.5) is 0 Å². The van der Waals surface area contributed by atoms with Gasteiger partial charge in [-0.3, -0.25) is 9.59 Å². The molecule has 1 aliphatic rings. The van der Waals surface area contributed by atoms with Crippen molar-refractivity contribution in [3.63, 3.8) is 0 Å². The van der Waals surface area contributed by atoms with Crippen molar-refractivity contribution in [3.8, 4) is 0 Å². The van der Waals surface area contributed by atoms with Crippen molar-refractivity contribution in [1.82, 2.24) is 10.6 Å².